The third-order valence-corrected chi connectivity index (χ3v) is 5.44. The number of fused-ring (bicyclic) bond motifs is 1. The van der Waals surface area contributed by atoms with Gasteiger partial charge >= 0.3 is 11.9 Å². The molecule has 0 aliphatic carbocycles. The fourth-order valence-corrected chi connectivity index (χ4v) is 3.97. The number of hydrogen-bond acceptors (Lipinski definition) is 3. The van der Waals surface area contributed by atoms with Gasteiger partial charge in [0.05, 0.1) is 5.56 Å². The van der Waals surface area contributed by atoms with Crippen LogP contribution in [0.5, 0.6) is 5.75 Å². The van der Waals surface area contributed by atoms with Gasteiger partial charge in [0.2, 0.25) is 0 Å². The number of carboxylic acid groups (broad SMARTS) is 2. The lowest BCUT2D eigenvalue weighted by molar-refractivity contribution is 0.0646. The van der Waals surface area contributed by atoms with Crippen molar-refractivity contribution < 1.29 is 24.5 Å². The fraction of sp³-hybridized carbons (Fsp3) is 0.111. The topological polar surface area (TPSA) is 83.8 Å². The average Bonchev–Trinajstić information content (AvgIpc) is 2.82. The lowest BCUT2D eigenvalue weighted by Gasteiger charge is -2.19. The lowest BCUT2D eigenvalue weighted by atomic mass is 9.89. The van der Waals surface area contributed by atoms with Crippen LogP contribution in [-0.2, 0) is 19.4 Å². The van der Waals surface area contributed by atoms with E-state index >= 15 is 0 Å². The predicted molar refractivity (Wildman–Crippen MR) is 122 cm³/mol. The molecule has 0 bridgehead atoms. The van der Waals surface area contributed by atoms with Crippen LogP contribution in [0.1, 0.15) is 37.4 Å². The summed E-state index contributed by atoms with van der Waals surface area (Å²) < 4.78 is 5.96. The van der Waals surface area contributed by atoms with E-state index in [1.807, 2.05) is 72.8 Å². The number of aryl methyl sites for hydroxylation is 2. The number of aromatic carboxylic acids is 2. The maximum atomic E-state index is 12.3. The summed E-state index contributed by atoms with van der Waals surface area (Å²) in [7, 11) is 0. The number of carboxylic acids is 2. The molecule has 4 aromatic rings. The molecule has 0 aliphatic rings. The molecule has 0 heterocycles. The first-order chi connectivity index (χ1) is 15.6. The van der Waals surface area contributed by atoms with Crippen molar-refractivity contribution in [1.82, 2.24) is 0 Å². The molecule has 0 unspecified atom stereocenters. The van der Waals surface area contributed by atoms with Gasteiger partial charge in [0.1, 0.15) is 17.9 Å². The Balaban J connectivity index is 1.87. The Morgan fingerprint density at radius 2 is 1.16 bits per heavy atom. The first-order valence-electron chi connectivity index (χ1n) is 10.3. The molecule has 0 atom stereocenters. The molecule has 0 amide bonds. The molecule has 0 fully saturated rings. The van der Waals surface area contributed by atoms with E-state index in [1.54, 1.807) is 12.1 Å². The normalized spacial score (nSPS) is 10.8. The molecule has 4 rings (SSSR count). The van der Waals surface area contributed by atoms with E-state index in [-0.39, 0.29) is 23.5 Å². The monoisotopic (exact) mass is 426 g/mol. The lowest BCUT2D eigenvalue weighted by Crippen LogP contribution is -2.15. The molecule has 5 nitrogen and oxygen atoms in total. The van der Waals surface area contributed by atoms with Crippen LogP contribution in [0.25, 0.3) is 10.8 Å². The summed E-state index contributed by atoms with van der Waals surface area (Å²) in [6, 6.07) is 26.3. The van der Waals surface area contributed by atoms with Crippen molar-refractivity contribution >= 4 is 22.7 Å². The Kier molecular flexibility index (Phi) is 6.17. The van der Waals surface area contributed by atoms with Crippen LogP contribution in [0.2, 0.25) is 0 Å². The van der Waals surface area contributed by atoms with E-state index in [0.29, 0.717) is 29.2 Å². The van der Waals surface area contributed by atoms with Gasteiger partial charge in [-0.1, -0.05) is 84.9 Å². The minimum absolute atomic E-state index is 0.0813. The smallest absolute Gasteiger partial charge is 0.340 e. The molecule has 2 N–H and O–H groups in total. The maximum Gasteiger partial charge on any atom is 0.340 e. The van der Waals surface area contributed by atoms with Crippen LogP contribution >= 0.6 is 0 Å². The van der Waals surface area contributed by atoms with Gasteiger partial charge in [-0.25, -0.2) is 9.59 Å². The first-order valence-corrected chi connectivity index (χ1v) is 10.3. The number of benzene rings is 4. The second-order valence-electron chi connectivity index (χ2n) is 7.47. The van der Waals surface area contributed by atoms with E-state index < -0.39 is 11.9 Å². The average molecular weight is 426 g/mol. The van der Waals surface area contributed by atoms with Crippen LogP contribution in [0.15, 0.2) is 84.9 Å². The van der Waals surface area contributed by atoms with Crippen molar-refractivity contribution in [2.24, 2.45) is 0 Å². The highest BCUT2D eigenvalue weighted by Gasteiger charge is 2.28. The highest BCUT2D eigenvalue weighted by Crippen LogP contribution is 2.38. The van der Waals surface area contributed by atoms with Gasteiger partial charge in [-0.05, 0) is 34.9 Å². The zero-order chi connectivity index (χ0) is 22.5. The Labute approximate surface area is 185 Å². The summed E-state index contributed by atoms with van der Waals surface area (Å²) in [5, 5.41) is 21.3. The van der Waals surface area contributed by atoms with E-state index in [4.69, 9.17) is 4.74 Å². The molecule has 0 saturated heterocycles. The summed E-state index contributed by atoms with van der Waals surface area (Å²) >= 11 is 0. The molecule has 0 radical (unpaired) electrons. The van der Waals surface area contributed by atoms with Gasteiger partial charge in [0, 0.05) is 5.39 Å². The van der Waals surface area contributed by atoms with Crippen molar-refractivity contribution in [1.29, 1.82) is 0 Å². The molecule has 32 heavy (non-hydrogen) atoms. The Bertz CT molecular complexity index is 1160. The molecular weight excluding hydrogens is 404 g/mol. The van der Waals surface area contributed by atoms with Crippen LogP contribution in [0.3, 0.4) is 0 Å². The zero-order valence-electron chi connectivity index (χ0n) is 17.3. The quantitative estimate of drug-likeness (QED) is 0.383. The fourth-order valence-electron chi connectivity index (χ4n) is 3.97. The number of ether oxygens (including phenoxy) is 1. The van der Waals surface area contributed by atoms with Crippen LogP contribution in [-0.4, -0.2) is 22.2 Å². The molecule has 0 spiro atoms. The van der Waals surface area contributed by atoms with Gasteiger partial charge in [-0.15, -0.1) is 0 Å². The second-order valence-corrected chi connectivity index (χ2v) is 7.47. The number of rotatable bonds is 8. The van der Waals surface area contributed by atoms with Crippen LogP contribution < -0.4 is 4.74 Å². The maximum absolute atomic E-state index is 12.3. The van der Waals surface area contributed by atoms with Gasteiger partial charge in [0.25, 0.3) is 0 Å². The van der Waals surface area contributed by atoms with Crippen LogP contribution in [0, 0.1) is 0 Å². The minimum atomic E-state index is -1.32. The molecule has 0 saturated carbocycles. The van der Waals surface area contributed by atoms with Gasteiger partial charge < -0.3 is 14.9 Å². The second kappa shape index (κ2) is 9.35. The minimum Gasteiger partial charge on any atom is -0.487 e. The summed E-state index contributed by atoms with van der Waals surface area (Å²) in [4.78, 5) is 24.6. The summed E-state index contributed by atoms with van der Waals surface area (Å²) in [6.45, 7) is 0.132. The van der Waals surface area contributed by atoms with E-state index in [9.17, 15) is 19.8 Å². The molecular formula is C27H22O5. The molecule has 160 valence electrons. The highest BCUT2D eigenvalue weighted by molar-refractivity contribution is 6.12. The van der Waals surface area contributed by atoms with Gasteiger partial charge in [-0.3, -0.25) is 0 Å². The van der Waals surface area contributed by atoms with Crippen molar-refractivity contribution in [2.75, 3.05) is 0 Å². The van der Waals surface area contributed by atoms with Crippen molar-refractivity contribution in [3.63, 3.8) is 0 Å². The highest BCUT2D eigenvalue weighted by atomic mass is 16.5. The summed E-state index contributed by atoms with van der Waals surface area (Å²) in [6.07, 6.45) is 0.986. The third kappa shape index (κ3) is 4.32. The Morgan fingerprint density at radius 1 is 0.625 bits per heavy atom. The zero-order valence-corrected chi connectivity index (χ0v) is 17.3. The predicted octanol–water partition coefficient (Wildman–Crippen LogP) is 5.60. The number of carbonyl (C=O) groups is 2. The summed E-state index contributed by atoms with van der Waals surface area (Å²) in [5.41, 5.74) is 1.89. The molecule has 4 aromatic carbocycles. The third-order valence-electron chi connectivity index (χ3n) is 5.44. The van der Waals surface area contributed by atoms with E-state index in [1.165, 1.54) is 0 Å². The Morgan fingerprint density at radius 3 is 1.75 bits per heavy atom. The molecule has 5 heteroatoms. The van der Waals surface area contributed by atoms with E-state index in [0.717, 1.165) is 11.1 Å². The largest absolute Gasteiger partial charge is 0.487 e. The van der Waals surface area contributed by atoms with Gasteiger partial charge in [0.15, 0.2) is 0 Å². The number of hydrogen-bond donors (Lipinski definition) is 2. The Hall–Kier alpha value is -4.12. The van der Waals surface area contributed by atoms with Gasteiger partial charge in [-0.2, -0.15) is 0 Å². The van der Waals surface area contributed by atoms with Crippen molar-refractivity contribution in [3.8, 4) is 5.75 Å². The standard InChI is InChI=1S/C27H22O5/c28-26(29)23-21(16-15-18-9-3-1-4-10-18)20-13-7-8-14-22(20)25(24(23)27(30)31)32-17-19-11-5-2-6-12-19/h1-14H,15-17H2,(H,28,29)(H,30,31). The summed E-state index contributed by atoms with van der Waals surface area (Å²) in [5.74, 6) is -2.52. The first kappa shape index (κ1) is 21.1. The van der Waals surface area contributed by atoms with E-state index in [2.05, 4.69) is 0 Å². The van der Waals surface area contributed by atoms with Crippen LogP contribution in [0.4, 0.5) is 0 Å². The van der Waals surface area contributed by atoms with Crippen molar-refractivity contribution in [2.45, 2.75) is 19.4 Å². The molecule has 0 aliphatic heterocycles. The van der Waals surface area contributed by atoms with Crippen molar-refractivity contribution in [3.05, 3.63) is 113 Å². The SMILES string of the molecule is O=C(O)c1c(C(=O)O)c(OCc2ccccc2)c2ccccc2c1CCc1ccccc1. The molecule has 0 aromatic heterocycles.